The summed E-state index contributed by atoms with van der Waals surface area (Å²) in [4.78, 5) is 20.9. The molecule has 1 rings (SSSR count). The van der Waals surface area contributed by atoms with E-state index in [1.165, 1.54) is 24.3 Å². The number of nitro benzene ring substituents is 1. The number of allylic oxidation sites excluding steroid dienone is 1. The van der Waals surface area contributed by atoms with Crippen molar-refractivity contribution in [2.75, 3.05) is 6.61 Å². The summed E-state index contributed by atoms with van der Waals surface area (Å²) in [5, 5.41) is 10.4. The smallest absolute Gasteiger partial charge is 0.331 e. The standard InChI is InChI=1S/C13H11NO4/c1-2-18-13(15)6-4-3-5-11-7-9-12(10-8-11)14(16)17/h4,6-10H,2H2,1H3/b6-4-. The Morgan fingerprint density at radius 1 is 1.44 bits per heavy atom. The fraction of sp³-hybridized carbons (Fsp3) is 0.154. The summed E-state index contributed by atoms with van der Waals surface area (Å²) in [6.45, 7) is 2.03. The van der Waals surface area contributed by atoms with E-state index in [-0.39, 0.29) is 5.69 Å². The van der Waals surface area contributed by atoms with Crippen molar-refractivity contribution in [2.45, 2.75) is 6.92 Å². The highest BCUT2D eigenvalue weighted by Gasteiger charge is 2.01. The Kier molecular flexibility index (Phi) is 5.13. The molecule has 0 spiro atoms. The van der Waals surface area contributed by atoms with Gasteiger partial charge in [0, 0.05) is 23.8 Å². The molecule has 0 bridgehead atoms. The molecular weight excluding hydrogens is 234 g/mol. The number of nitro groups is 1. The van der Waals surface area contributed by atoms with E-state index in [1.54, 1.807) is 19.1 Å². The van der Waals surface area contributed by atoms with Crippen molar-refractivity contribution in [3.05, 3.63) is 52.1 Å². The Morgan fingerprint density at radius 3 is 2.67 bits per heavy atom. The topological polar surface area (TPSA) is 69.4 Å². The van der Waals surface area contributed by atoms with E-state index in [0.717, 1.165) is 0 Å². The second-order valence-corrected chi connectivity index (χ2v) is 3.16. The van der Waals surface area contributed by atoms with Crippen LogP contribution in [0.5, 0.6) is 0 Å². The van der Waals surface area contributed by atoms with E-state index in [4.69, 9.17) is 0 Å². The van der Waals surface area contributed by atoms with Crippen LogP contribution in [0.15, 0.2) is 36.4 Å². The lowest BCUT2D eigenvalue weighted by molar-refractivity contribution is -0.384. The number of rotatable bonds is 3. The fourth-order valence-corrected chi connectivity index (χ4v) is 1.09. The number of carbonyl (C=O) groups excluding carboxylic acids is 1. The Bertz CT molecular complexity index is 520. The van der Waals surface area contributed by atoms with Crippen molar-refractivity contribution >= 4 is 11.7 Å². The lowest BCUT2D eigenvalue weighted by atomic mass is 10.2. The van der Waals surface area contributed by atoms with Crippen LogP contribution in [0.2, 0.25) is 0 Å². The molecule has 18 heavy (non-hydrogen) atoms. The predicted molar refractivity (Wildman–Crippen MR) is 65.7 cm³/mol. The van der Waals surface area contributed by atoms with Crippen LogP contribution < -0.4 is 0 Å². The maximum Gasteiger partial charge on any atom is 0.331 e. The number of carbonyl (C=O) groups is 1. The molecule has 0 aromatic heterocycles. The molecule has 0 atom stereocenters. The number of hydrogen-bond acceptors (Lipinski definition) is 4. The molecule has 0 aliphatic heterocycles. The molecule has 5 heteroatoms. The summed E-state index contributed by atoms with van der Waals surface area (Å²) in [5.41, 5.74) is 0.650. The van der Waals surface area contributed by atoms with E-state index in [0.29, 0.717) is 12.2 Å². The van der Waals surface area contributed by atoms with Gasteiger partial charge >= 0.3 is 5.97 Å². The van der Waals surface area contributed by atoms with Gasteiger partial charge in [0.25, 0.3) is 5.69 Å². The van der Waals surface area contributed by atoms with E-state index in [1.807, 2.05) is 0 Å². The zero-order chi connectivity index (χ0) is 13.4. The lowest BCUT2D eigenvalue weighted by Gasteiger charge is -1.92. The van der Waals surface area contributed by atoms with Gasteiger partial charge in [0.05, 0.1) is 11.5 Å². The summed E-state index contributed by atoms with van der Waals surface area (Å²) in [5.74, 6) is 4.93. The van der Waals surface area contributed by atoms with Crippen molar-refractivity contribution in [3.63, 3.8) is 0 Å². The highest BCUT2D eigenvalue weighted by molar-refractivity contribution is 5.82. The largest absolute Gasteiger partial charge is 0.463 e. The second-order valence-electron chi connectivity index (χ2n) is 3.16. The van der Waals surface area contributed by atoms with Crippen molar-refractivity contribution in [2.24, 2.45) is 0 Å². The Balaban J connectivity index is 2.63. The Hall–Kier alpha value is -2.61. The third-order valence-electron chi connectivity index (χ3n) is 1.88. The van der Waals surface area contributed by atoms with Gasteiger partial charge in [-0.3, -0.25) is 10.1 Å². The van der Waals surface area contributed by atoms with Crippen LogP contribution in [-0.4, -0.2) is 17.5 Å². The first kappa shape index (κ1) is 13.5. The SMILES string of the molecule is CCOC(=O)/C=C\C#Cc1ccc([N+](=O)[O-])cc1. The molecule has 1 aromatic rings. The molecule has 0 aliphatic rings. The van der Waals surface area contributed by atoms with Crippen LogP contribution in [0.25, 0.3) is 0 Å². The van der Waals surface area contributed by atoms with Crippen LogP contribution in [0.3, 0.4) is 0 Å². The number of ether oxygens (including phenoxy) is 1. The number of esters is 1. The van der Waals surface area contributed by atoms with Gasteiger partial charge in [-0.1, -0.05) is 11.8 Å². The molecule has 0 saturated carbocycles. The minimum Gasteiger partial charge on any atom is -0.463 e. The van der Waals surface area contributed by atoms with E-state index in [2.05, 4.69) is 16.6 Å². The Morgan fingerprint density at radius 2 is 2.11 bits per heavy atom. The van der Waals surface area contributed by atoms with Crippen LogP contribution in [0, 0.1) is 22.0 Å². The molecule has 0 fully saturated rings. The molecule has 1 aromatic carbocycles. The lowest BCUT2D eigenvalue weighted by Crippen LogP contribution is -1.98. The van der Waals surface area contributed by atoms with Gasteiger partial charge in [0.2, 0.25) is 0 Å². The molecule has 92 valence electrons. The first-order chi connectivity index (χ1) is 8.63. The normalized spacial score (nSPS) is 9.61. The number of benzene rings is 1. The third-order valence-corrected chi connectivity index (χ3v) is 1.88. The molecule has 0 amide bonds. The van der Waals surface area contributed by atoms with Crippen LogP contribution >= 0.6 is 0 Å². The first-order valence-corrected chi connectivity index (χ1v) is 5.22. The molecule has 0 radical (unpaired) electrons. The fourth-order valence-electron chi connectivity index (χ4n) is 1.09. The molecular formula is C13H11NO4. The first-order valence-electron chi connectivity index (χ1n) is 5.22. The van der Waals surface area contributed by atoms with Gasteiger partial charge in [-0.15, -0.1) is 0 Å². The average molecular weight is 245 g/mol. The van der Waals surface area contributed by atoms with Crippen molar-refractivity contribution in [1.29, 1.82) is 0 Å². The number of non-ortho nitro benzene ring substituents is 1. The van der Waals surface area contributed by atoms with Gasteiger partial charge in [-0.2, -0.15) is 0 Å². The summed E-state index contributed by atoms with van der Waals surface area (Å²) < 4.78 is 4.67. The quantitative estimate of drug-likeness (QED) is 0.269. The highest BCUT2D eigenvalue weighted by Crippen LogP contribution is 2.10. The van der Waals surface area contributed by atoms with Gasteiger partial charge in [0.1, 0.15) is 0 Å². The minimum absolute atomic E-state index is 0.0163. The summed E-state index contributed by atoms with van der Waals surface area (Å²) in [6, 6.07) is 5.84. The molecule has 0 N–H and O–H groups in total. The molecule has 0 saturated heterocycles. The van der Waals surface area contributed by atoms with Gasteiger partial charge < -0.3 is 4.74 Å². The van der Waals surface area contributed by atoms with Gasteiger partial charge in [0.15, 0.2) is 0 Å². The van der Waals surface area contributed by atoms with E-state index < -0.39 is 10.9 Å². The van der Waals surface area contributed by atoms with Crippen LogP contribution in [0.4, 0.5) is 5.69 Å². The van der Waals surface area contributed by atoms with E-state index >= 15 is 0 Å². The predicted octanol–water partition coefficient (Wildman–Crippen LogP) is 2.07. The average Bonchev–Trinajstić information content (AvgIpc) is 2.35. The van der Waals surface area contributed by atoms with Gasteiger partial charge in [-0.25, -0.2) is 4.79 Å². The minimum atomic E-state index is -0.474. The number of nitrogens with zero attached hydrogens (tertiary/aromatic N) is 1. The second kappa shape index (κ2) is 6.86. The zero-order valence-corrected chi connectivity index (χ0v) is 9.75. The monoisotopic (exact) mass is 245 g/mol. The Labute approximate surface area is 104 Å². The highest BCUT2D eigenvalue weighted by atomic mass is 16.6. The number of hydrogen-bond donors (Lipinski definition) is 0. The van der Waals surface area contributed by atoms with Crippen molar-refractivity contribution < 1.29 is 14.5 Å². The van der Waals surface area contributed by atoms with Crippen molar-refractivity contribution in [3.8, 4) is 11.8 Å². The summed E-state index contributed by atoms with van der Waals surface area (Å²) in [6.07, 6.45) is 2.60. The maximum absolute atomic E-state index is 10.9. The third kappa shape index (κ3) is 4.49. The summed E-state index contributed by atoms with van der Waals surface area (Å²) >= 11 is 0. The molecule has 0 heterocycles. The van der Waals surface area contributed by atoms with Gasteiger partial charge in [-0.05, 0) is 25.1 Å². The molecule has 5 nitrogen and oxygen atoms in total. The van der Waals surface area contributed by atoms with Crippen LogP contribution in [0.1, 0.15) is 12.5 Å². The van der Waals surface area contributed by atoms with Crippen molar-refractivity contribution in [1.82, 2.24) is 0 Å². The zero-order valence-electron chi connectivity index (χ0n) is 9.75. The summed E-state index contributed by atoms with van der Waals surface area (Å²) in [7, 11) is 0. The van der Waals surface area contributed by atoms with E-state index in [9.17, 15) is 14.9 Å². The molecule has 0 unspecified atom stereocenters. The maximum atomic E-state index is 10.9. The molecule has 0 aliphatic carbocycles. The van der Waals surface area contributed by atoms with Crippen LogP contribution in [-0.2, 0) is 9.53 Å².